The van der Waals surface area contributed by atoms with Gasteiger partial charge in [-0.1, -0.05) is 18.2 Å². The molecule has 0 N–H and O–H groups in total. The first-order valence-electron chi connectivity index (χ1n) is 8.65. The number of aromatic nitrogens is 2. The number of para-hydroxylation sites is 1. The molecule has 3 heterocycles. The van der Waals surface area contributed by atoms with E-state index in [-0.39, 0.29) is 5.91 Å². The normalized spacial score (nSPS) is 14.7. The number of furan rings is 1. The topological polar surface area (TPSA) is 65.7 Å². The first-order chi connectivity index (χ1) is 12.6. The fourth-order valence-corrected chi connectivity index (χ4v) is 3.13. The van der Waals surface area contributed by atoms with Gasteiger partial charge in [0.1, 0.15) is 5.58 Å². The molecule has 2 aromatic heterocycles. The number of carbonyl (C=O) groups excluding carboxylic acids is 1. The molecule has 1 aliphatic rings. The fourth-order valence-electron chi connectivity index (χ4n) is 3.13. The van der Waals surface area contributed by atoms with Gasteiger partial charge in [-0.15, -0.1) is 5.10 Å². The lowest BCUT2D eigenvalue weighted by atomic mass is 10.2. The molecule has 0 atom stereocenters. The van der Waals surface area contributed by atoms with E-state index in [0.29, 0.717) is 18.8 Å². The molecule has 1 saturated heterocycles. The lowest BCUT2D eigenvalue weighted by molar-refractivity contribution is 0.0717. The van der Waals surface area contributed by atoms with E-state index in [0.717, 1.165) is 35.6 Å². The third kappa shape index (κ3) is 3.08. The van der Waals surface area contributed by atoms with Crippen molar-refractivity contribution in [2.45, 2.75) is 0 Å². The summed E-state index contributed by atoms with van der Waals surface area (Å²) in [6.07, 6.45) is 1.74. The Bertz CT molecular complexity index is 895. The van der Waals surface area contributed by atoms with Crippen molar-refractivity contribution in [3.63, 3.8) is 0 Å². The molecular formula is C19H21N5O2. The zero-order valence-corrected chi connectivity index (χ0v) is 14.9. The molecule has 0 aliphatic carbocycles. The van der Waals surface area contributed by atoms with Crippen molar-refractivity contribution in [1.82, 2.24) is 15.1 Å². The minimum absolute atomic E-state index is 0.0611. The summed E-state index contributed by atoms with van der Waals surface area (Å²) in [6.45, 7) is 2.70. The third-order valence-electron chi connectivity index (χ3n) is 4.67. The van der Waals surface area contributed by atoms with Crippen molar-refractivity contribution in [3.8, 4) is 0 Å². The minimum Gasteiger partial charge on any atom is -0.451 e. The van der Waals surface area contributed by atoms with E-state index in [4.69, 9.17) is 4.42 Å². The number of piperazine rings is 1. The Morgan fingerprint density at radius 3 is 2.62 bits per heavy atom. The highest BCUT2D eigenvalue weighted by Gasteiger charge is 2.25. The summed E-state index contributed by atoms with van der Waals surface area (Å²) >= 11 is 0. The van der Waals surface area contributed by atoms with Gasteiger partial charge >= 0.3 is 0 Å². The first kappa shape index (κ1) is 16.4. The Morgan fingerprint density at radius 1 is 1.12 bits per heavy atom. The highest BCUT2D eigenvalue weighted by molar-refractivity contribution is 5.96. The van der Waals surface area contributed by atoms with Gasteiger partial charge in [0, 0.05) is 51.7 Å². The minimum atomic E-state index is -0.0611. The van der Waals surface area contributed by atoms with Gasteiger partial charge in [0.15, 0.2) is 11.6 Å². The molecule has 0 radical (unpaired) electrons. The Labute approximate surface area is 151 Å². The number of amides is 1. The number of anilines is 2. The molecule has 1 aliphatic heterocycles. The summed E-state index contributed by atoms with van der Waals surface area (Å²) in [5.74, 6) is 1.18. The zero-order valence-electron chi connectivity index (χ0n) is 14.9. The van der Waals surface area contributed by atoms with E-state index >= 15 is 0 Å². The molecule has 1 amide bonds. The van der Waals surface area contributed by atoms with E-state index in [9.17, 15) is 4.79 Å². The maximum atomic E-state index is 12.7. The second kappa shape index (κ2) is 6.67. The predicted molar refractivity (Wildman–Crippen MR) is 101 cm³/mol. The molecule has 0 bridgehead atoms. The number of fused-ring (bicyclic) bond motifs is 1. The highest BCUT2D eigenvalue weighted by atomic mass is 16.3. The van der Waals surface area contributed by atoms with Gasteiger partial charge in [-0.3, -0.25) is 4.79 Å². The van der Waals surface area contributed by atoms with Crippen molar-refractivity contribution < 1.29 is 9.21 Å². The van der Waals surface area contributed by atoms with Crippen LogP contribution in [0.3, 0.4) is 0 Å². The molecule has 7 heteroatoms. The fraction of sp³-hybridized carbons (Fsp3) is 0.316. The largest absolute Gasteiger partial charge is 0.451 e. The Kier molecular flexibility index (Phi) is 4.20. The molecule has 7 nitrogen and oxygen atoms in total. The molecule has 0 spiro atoms. The van der Waals surface area contributed by atoms with Crippen LogP contribution in [0.15, 0.2) is 47.0 Å². The molecule has 0 saturated carbocycles. The van der Waals surface area contributed by atoms with Crippen LogP contribution >= 0.6 is 0 Å². The monoisotopic (exact) mass is 351 g/mol. The van der Waals surface area contributed by atoms with E-state index in [1.807, 2.05) is 60.3 Å². The summed E-state index contributed by atoms with van der Waals surface area (Å²) in [5.41, 5.74) is 1.75. The van der Waals surface area contributed by atoms with E-state index < -0.39 is 0 Å². The van der Waals surface area contributed by atoms with Crippen LogP contribution in [0.2, 0.25) is 0 Å². The smallest absolute Gasteiger partial charge is 0.289 e. The van der Waals surface area contributed by atoms with Crippen molar-refractivity contribution in [2.75, 3.05) is 50.1 Å². The zero-order chi connectivity index (χ0) is 18.1. The van der Waals surface area contributed by atoms with E-state index in [2.05, 4.69) is 15.1 Å². The van der Waals surface area contributed by atoms with Crippen LogP contribution in [0.25, 0.3) is 11.0 Å². The third-order valence-corrected chi connectivity index (χ3v) is 4.67. The highest BCUT2D eigenvalue weighted by Crippen LogP contribution is 2.22. The molecule has 1 aromatic carbocycles. The standard InChI is InChI=1S/C19H21N5O2/c1-22(2)15-12-18(21-20-13-15)23-7-9-24(10-8-23)19(25)17-11-14-5-3-4-6-16(14)26-17/h3-6,11-13H,7-10H2,1-2H3. The van der Waals surface area contributed by atoms with Crippen molar-refractivity contribution in [1.29, 1.82) is 0 Å². The lowest BCUT2D eigenvalue weighted by Gasteiger charge is -2.35. The van der Waals surface area contributed by atoms with Gasteiger partial charge in [0.25, 0.3) is 5.91 Å². The summed E-state index contributed by atoms with van der Waals surface area (Å²) in [6, 6.07) is 11.5. The van der Waals surface area contributed by atoms with Gasteiger partial charge in [-0.05, 0) is 12.1 Å². The summed E-state index contributed by atoms with van der Waals surface area (Å²) in [7, 11) is 3.95. The predicted octanol–water partition coefficient (Wildman–Crippen LogP) is 2.25. The van der Waals surface area contributed by atoms with Crippen LogP contribution in [0.5, 0.6) is 0 Å². The van der Waals surface area contributed by atoms with Crippen LogP contribution in [0.1, 0.15) is 10.6 Å². The molecule has 3 aromatic rings. The molecule has 26 heavy (non-hydrogen) atoms. The Morgan fingerprint density at radius 2 is 1.88 bits per heavy atom. The molecule has 4 rings (SSSR count). The average Bonchev–Trinajstić information content (AvgIpc) is 3.12. The second-order valence-electron chi connectivity index (χ2n) is 6.59. The van der Waals surface area contributed by atoms with Crippen LogP contribution in [0.4, 0.5) is 11.5 Å². The molecule has 134 valence electrons. The number of carbonyl (C=O) groups is 1. The summed E-state index contributed by atoms with van der Waals surface area (Å²) < 4.78 is 5.70. The Balaban J connectivity index is 1.44. The van der Waals surface area contributed by atoms with Gasteiger partial charge in [0.05, 0.1) is 11.9 Å². The van der Waals surface area contributed by atoms with Gasteiger partial charge in [-0.2, -0.15) is 5.10 Å². The van der Waals surface area contributed by atoms with E-state index in [1.54, 1.807) is 6.20 Å². The number of hydrogen-bond acceptors (Lipinski definition) is 6. The second-order valence-corrected chi connectivity index (χ2v) is 6.59. The molecule has 0 unspecified atom stereocenters. The van der Waals surface area contributed by atoms with E-state index in [1.165, 1.54) is 0 Å². The van der Waals surface area contributed by atoms with Gasteiger partial charge in [-0.25, -0.2) is 0 Å². The number of benzene rings is 1. The average molecular weight is 351 g/mol. The van der Waals surface area contributed by atoms with Gasteiger partial charge < -0.3 is 19.1 Å². The van der Waals surface area contributed by atoms with Crippen molar-refractivity contribution in [2.24, 2.45) is 0 Å². The summed E-state index contributed by atoms with van der Waals surface area (Å²) in [4.78, 5) is 18.7. The van der Waals surface area contributed by atoms with Crippen LogP contribution in [0, 0.1) is 0 Å². The molecular weight excluding hydrogens is 330 g/mol. The summed E-state index contributed by atoms with van der Waals surface area (Å²) in [5, 5.41) is 9.26. The first-order valence-corrected chi connectivity index (χ1v) is 8.65. The van der Waals surface area contributed by atoms with Crippen LogP contribution in [-0.4, -0.2) is 61.3 Å². The number of nitrogens with zero attached hydrogens (tertiary/aromatic N) is 5. The SMILES string of the molecule is CN(C)c1cnnc(N2CCN(C(=O)c3cc4ccccc4o3)CC2)c1. The quantitative estimate of drug-likeness (QED) is 0.721. The number of hydrogen-bond donors (Lipinski definition) is 0. The lowest BCUT2D eigenvalue weighted by Crippen LogP contribution is -2.49. The van der Waals surface area contributed by atoms with Crippen LogP contribution < -0.4 is 9.80 Å². The van der Waals surface area contributed by atoms with Crippen molar-refractivity contribution in [3.05, 3.63) is 48.4 Å². The maximum Gasteiger partial charge on any atom is 0.289 e. The van der Waals surface area contributed by atoms with Crippen LogP contribution in [-0.2, 0) is 0 Å². The molecule has 1 fully saturated rings. The number of rotatable bonds is 3. The Hall–Kier alpha value is -3.09. The van der Waals surface area contributed by atoms with Crippen molar-refractivity contribution >= 4 is 28.4 Å². The maximum absolute atomic E-state index is 12.7. The van der Waals surface area contributed by atoms with Gasteiger partial charge in [0.2, 0.25) is 0 Å².